The van der Waals surface area contributed by atoms with Crippen LogP contribution in [0, 0.1) is 16.6 Å². The van der Waals surface area contributed by atoms with Crippen molar-refractivity contribution in [1.29, 1.82) is 0 Å². The molecule has 0 spiro atoms. The van der Waals surface area contributed by atoms with Crippen molar-refractivity contribution in [2.75, 3.05) is 20.3 Å². The summed E-state index contributed by atoms with van der Waals surface area (Å²) in [7, 11) is 1.95. The Morgan fingerprint density at radius 1 is 0.974 bits per heavy atom. The van der Waals surface area contributed by atoms with Crippen LogP contribution in [0.3, 0.4) is 0 Å². The lowest BCUT2D eigenvalue weighted by Gasteiger charge is -2.53. The molecule has 222 valence electrons. The predicted octanol–water partition coefficient (Wildman–Crippen LogP) is 6.98. The molecule has 0 bridgehead atoms. The summed E-state index contributed by atoms with van der Waals surface area (Å²) in [5.41, 5.74) is -0.512. The van der Waals surface area contributed by atoms with E-state index in [1.165, 1.54) is 6.07 Å². The lowest BCUT2D eigenvalue weighted by molar-refractivity contribution is -0.284. The van der Waals surface area contributed by atoms with Gasteiger partial charge in [-0.1, -0.05) is 0 Å². The fraction of sp³-hybridized carbons (Fsp3) is 0.667. The number of halogens is 9. The minimum atomic E-state index is -5.92. The van der Waals surface area contributed by atoms with E-state index in [1.54, 1.807) is 6.07 Å². The van der Waals surface area contributed by atoms with Gasteiger partial charge in [0.1, 0.15) is 6.61 Å². The Bertz CT molecular complexity index is 1030. The normalized spacial score (nSPS) is 19.2. The number of rotatable bonds is 8. The summed E-state index contributed by atoms with van der Waals surface area (Å²) in [4.78, 5) is 27.0. The highest BCUT2D eigenvalue weighted by molar-refractivity contribution is 14.1. The number of esters is 2. The van der Waals surface area contributed by atoms with Crippen LogP contribution in [0.25, 0.3) is 0 Å². The lowest BCUT2D eigenvalue weighted by atomic mass is 9.79. The molecule has 1 fully saturated rings. The molecule has 1 aromatic carbocycles. The van der Waals surface area contributed by atoms with Crippen molar-refractivity contribution in [2.45, 2.75) is 76.2 Å². The van der Waals surface area contributed by atoms with Crippen LogP contribution in [-0.2, 0) is 19.0 Å². The summed E-state index contributed by atoms with van der Waals surface area (Å²) >= 11 is 5.91. The van der Waals surface area contributed by atoms with Crippen molar-refractivity contribution in [2.24, 2.45) is 5.92 Å². The third-order valence-electron chi connectivity index (χ3n) is 6.57. The molecule has 1 unspecified atom stereocenters. The van der Waals surface area contributed by atoms with E-state index in [9.17, 15) is 35.9 Å². The molecule has 0 aliphatic carbocycles. The number of alkyl halides is 6. The van der Waals surface area contributed by atoms with E-state index in [4.69, 9.17) is 9.47 Å². The summed E-state index contributed by atoms with van der Waals surface area (Å²) in [6.07, 6.45) is -13.0. The minimum Gasteiger partial charge on any atom is -0.458 e. The average molecular weight is 905 g/mol. The first-order valence-electron chi connectivity index (χ1n) is 11.6. The van der Waals surface area contributed by atoms with Crippen molar-refractivity contribution < 1.29 is 50.1 Å². The van der Waals surface area contributed by atoms with Gasteiger partial charge in [0.15, 0.2) is 6.10 Å². The Balaban J connectivity index is 2.25. The fourth-order valence-corrected chi connectivity index (χ4v) is 6.77. The molecule has 0 saturated carbocycles. The molecule has 0 amide bonds. The summed E-state index contributed by atoms with van der Waals surface area (Å²) in [6, 6.07) is 3.33. The Morgan fingerprint density at radius 3 is 1.97 bits per heavy atom. The molecular weight excluding hydrogens is 877 g/mol. The number of carbonyl (C=O) groups is 2. The van der Waals surface area contributed by atoms with Gasteiger partial charge < -0.3 is 14.2 Å². The minimum absolute atomic E-state index is 0.153. The molecule has 1 aromatic rings. The van der Waals surface area contributed by atoms with Gasteiger partial charge in [0.05, 0.1) is 18.3 Å². The second-order valence-corrected chi connectivity index (χ2v) is 14.0. The van der Waals surface area contributed by atoms with E-state index in [-0.39, 0.29) is 16.6 Å². The quantitative estimate of drug-likeness (QED) is 0.122. The molecule has 15 heteroatoms. The molecule has 0 N–H and O–H groups in total. The number of likely N-dealkylation sites (tertiary alicyclic amines) is 1. The molecule has 1 saturated heterocycles. The highest BCUT2D eigenvalue weighted by Crippen LogP contribution is 2.41. The van der Waals surface area contributed by atoms with Crippen LogP contribution in [-0.4, -0.2) is 72.7 Å². The zero-order chi connectivity index (χ0) is 30.1. The van der Waals surface area contributed by atoms with Crippen LogP contribution in [0.4, 0.5) is 26.3 Å². The van der Waals surface area contributed by atoms with Gasteiger partial charge in [-0.15, -0.1) is 0 Å². The molecule has 2 rings (SSSR count). The molecule has 1 aliphatic rings. The molecule has 0 radical (unpaired) electrons. The number of piperidine rings is 1. The van der Waals surface area contributed by atoms with Crippen molar-refractivity contribution >= 4 is 79.7 Å². The van der Waals surface area contributed by atoms with Crippen LogP contribution in [0.1, 0.15) is 50.9 Å². The lowest BCUT2D eigenvalue weighted by Crippen LogP contribution is -2.60. The highest BCUT2D eigenvalue weighted by Gasteiger charge is 2.62. The zero-order valence-corrected chi connectivity index (χ0v) is 28.1. The average Bonchev–Trinajstić information content (AvgIpc) is 2.73. The van der Waals surface area contributed by atoms with E-state index in [0.717, 1.165) is 3.57 Å². The fourth-order valence-electron chi connectivity index (χ4n) is 4.39. The smallest absolute Gasteiger partial charge is 0.411 e. The molecule has 1 atom stereocenters. The molecule has 1 aliphatic heterocycles. The van der Waals surface area contributed by atoms with Crippen molar-refractivity contribution in [1.82, 2.24) is 4.90 Å². The summed E-state index contributed by atoms with van der Waals surface area (Å²) in [5, 5.41) is 0. The molecule has 0 aromatic heterocycles. The largest absolute Gasteiger partial charge is 0.458 e. The van der Waals surface area contributed by atoms with E-state index in [0.29, 0.717) is 20.0 Å². The standard InChI is InChI=1S/C24H28F6I3NO5/c1-21(2)8-13(9-22(3,4)34(21)5)37-10-14(39-20(36)18(23(25,26)27)24(28,29)30)11-38-19(35)15-6-12(31)7-16(32)17(15)33/h6-7,13-14,18H,8-11H2,1-5H3. The summed E-state index contributed by atoms with van der Waals surface area (Å²) in [5.74, 6) is -7.76. The van der Waals surface area contributed by atoms with Gasteiger partial charge in [-0.2, -0.15) is 26.3 Å². The number of ether oxygens (including phenoxy) is 3. The number of carbonyl (C=O) groups excluding carboxylic acids is 2. The number of hydrogen-bond acceptors (Lipinski definition) is 6. The summed E-state index contributed by atoms with van der Waals surface area (Å²) in [6.45, 7) is 6.54. The molecule has 1 heterocycles. The van der Waals surface area contributed by atoms with Gasteiger partial charge in [-0.3, -0.25) is 9.69 Å². The summed E-state index contributed by atoms with van der Waals surface area (Å²) < 4.78 is 96.4. The van der Waals surface area contributed by atoms with Crippen LogP contribution in [0.2, 0.25) is 0 Å². The van der Waals surface area contributed by atoms with E-state index in [2.05, 4.69) is 9.64 Å². The van der Waals surface area contributed by atoms with E-state index >= 15 is 0 Å². The highest BCUT2D eigenvalue weighted by atomic mass is 127. The van der Waals surface area contributed by atoms with Gasteiger partial charge in [0, 0.05) is 21.8 Å². The SMILES string of the molecule is CN1C(C)(C)CC(OCC(COC(=O)c2cc(I)cc(I)c2I)OC(=O)C(C(F)(F)F)C(F)(F)F)CC1(C)C. The topological polar surface area (TPSA) is 65.1 Å². The number of nitrogens with zero attached hydrogens (tertiary/aromatic N) is 1. The number of hydrogen-bond donors (Lipinski definition) is 0. The Labute approximate surface area is 263 Å². The van der Waals surface area contributed by atoms with Crippen LogP contribution >= 0.6 is 67.8 Å². The second-order valence-electron chi connectivity index (χ2n) is 10.5. The van der Waals surface area contributed by atoms with Gasteiger partial charge in [0.2, 0.25) is 5.92 Å². The number of benzene rings is 1. The van der Waals surface area contributed by atoms with E-state index in [1.807, 2.05) is 103 Å². The molecular formula is C24H28F6I3NO5. The maximum Gasteiger partial charge on any atom is 0.411 e. The van der Waals surface area contributed by atoms with E-state index < -0.39 is 55.6 Å². The Hall–Kier alpha value is -0.150. The van der Waals surface area contributed by atoms with Gasteiger partial charge >= 0.3 is 24.3 Å². The molecule has 6 nitrogen and oxygen atoms in total. The monoisotopic (exact) mass is 905 g/mol. The maximum absolute atomic E-state index is 13.1. The van der Waals surface area contributed by atoms with Crippen molar-refractivity contribution in [3.8, 4) is 0 Å². The third kappa shape index (κ3) is 9.42. The Morgan fingerprint density at radius 2 is 1.49 bits per heavy atom. The zero-order valence-electron chi connectivity index (χ0n) is 21.6. The van der Waals surface area contributed by atoms with Gasteiger partial charge in [0.25, 0.3) is 0 Å². The second kappa shape index (κ2) is 13.0. The van der Waals surface area contributed by atoms with Crippen LogP contribution < -0.4 is 0 Å². The maximum atomic E-state index is 13.1. The predicted molar refractivity (Wildman–Crippen MR) is 155 cm³/mol. The Kier molecular flexibility index (Phi) is 11.7. The van der Waals surface area contributed by atoms with Crippen molar-refractivity contribution in [3.63, 3.8) is 0 Å². The first-order valence-corrected chi connectivity index (χ1v) is 14.8. The third-order valence-corrected chi connectivity index (χ3v) is 10.2. The first kappa shape index (κ1) is 35.0. The molecule has 39 heavy (non-hydrogen) atoms. The van der Waals surface area contributed by atoms with Gasteiger partial charge in [-0.05, 0) is 127 Å². The van der Waals surface area contributed by atoms with Crippen LogP contribution in [0.15, 0.2) is 12.1 Å². The van der Waals surface area contributed by atoms with Crippen LogP contribution in [0.5, 0.6) is 0 Å². The first-order chi connectivity index (χ1) is 17.6. The van der Waals surface area contributed by atoms with Gasteiger partial charge in [-0.25, -0.2) is 4.79 Å². The van der Waals surface area contributed by atoms with Crippen molar-refractivity contribution in [3.05, 3.63) is 28.4 Å².